The molecule has 77 heavy (non-hydrogen) atoms. The number of nitrogens with zero attached hydrogens (tertiary/aromatic N) is 6. The number of sulfonamides is 1. The number of aryl methyl sites for hydroxylation is 1. The Kier molecular flexibility index (Phi) is 16.6. The van der Waals surface area contributed by atoms with E-state index in [0.717, 1.165) is 36.6 Å². The third-order valence-corrected chi connectivity index (χ3v) is 15.4. The summed E-state index contributed by atoms with van der Waals surface area (Å²) in [6, 6.07) is 4.58. The zero-order valence-electron chi connectivity index (χ0n) is 40.1. The molecule has 0 bridgehead atoms. The Morgan fingerprint density at radius 2 is 1.60 bits per heavy atom. The fraction of sp³-hybridized carbons (Fsp3) is 0.370. The van der Waals surface area contributed by atoms with Crippen LogP contribution in [-0.2, 0) is 88.2 Å². The smallest absolute Gasteiger partial charge is 0.435 e. The number of esters is 1. The molecule has 0 radical (unpaired) electrons. The Hall–Kier alpha value is -7.26. The molecule has 2 amide bonds. The summed E-state index contributed by atoms with van der Waals surface area (Å²) in [4.78, 5) is 55.0. The average Bonchev–Trinajstić information content (AvgIpc) is 3.92. The summed E-state index contributed by atoms with van der Waals surface area (Å²) in [6.07, 6.45) is -7.40. The van der Waals surface area contributed by atoms with Gasteiger partial charge in [0.25, 0.3) is 0 Å². The number of carbonyl (C=O) groups excluding carboxylic acids is 3. The van der Waals surface area contributed by atoms with E-state index < -0.39 is 173 Å². The Morgan fingerprint density at radius 1 is 0.961 bits per heavy atom. The van der Waals surface area contributed by atoms with Crippen LogP contribution < -0.4 is 9.62 Å². The maximum Gasteiger partial charge on any atom is 0.435 e. The van der Waals surface area contributed by atoms with Crippen molar-refractivity contribution in [2.75, 3.05) is 23.6 Å². The number of halogens is 11. The van der Waals surface area contributed by atoms with Crippen LogP contribution in [0.2, 0.25) is 5.02 Å². The second-order valence-electron chi connectivity index (χ2n) is 17.9. The van der Waals surface area contributed by atoms with E-state index in [-0.39, 0.29) is 43.3 Å². The first-order chi connectivity index (χ1) is 35.4. The first kappa shape index (κ1) is 59.0. The normalized spacial score (nSPS) is 15.3. The SMILES string of the molecule is C#C[C@@H]1Cc2c(C(F)(F)F)nn(CC(=O)N[C@@H](Cc3cc(F)cc(F)c3)c3nc(CCC(C)(C)S(C)(=O)=O)ccc3-c3ccc(Cl)c4c(N(C(=O)OCOC(=O)/C=C/C(=O)O)S(C)(=O)=O)nn(CC(F)(F)F)c34)c2C1(F)F. The van der Waals surface area contributed by atoms with Crippen molar-refractivity contribution in [1.29, 1.82) is 0 Å². The Labute approximate surface area is 434 Å². The first-order valence-electron chi connectivity index (χ1n) is 21.9. The van der Waals surface area contributed by atoms with E-state index in [9.17, 15) is 71.1 Å². The van der Waals surface area contributed by atoms with Gasteiger partial charge in [-0.2, -0.15) is 49.6 Å². The lowest BCUT2D eigenvalue weighted by Gasteiger charge is -2.25. The van der Waals surface area contributed by atoms with Gasteiger partial charge in [0.1, 0.15) is 30.4 Å². The highest BCUT2D eigenvalue weighted by molar-refractivity contribution is 7.92. The van der Waals surface area contributed by atoms with Crippen molar-refractivity contribution >= 4 is 72.1 Å². The molecule has 1 aliphatic rings. The summed E-state index contributed by atoms with van der Waals surface area (Å²) < 4.78 is 207. The van der Waals surface area contributed by atoms with Crippen molar-refractivity contribution in [3.05, 3.63) is 105 Å². The first-order valence-corrected chi connectivity index (χ1v) is 26.0. The molecule has 3 aromatic heterocycles. The fourth-order valence-corrected chi connectivity index (χ4v) is 9.53. The third kappa shape index (κ3) is 13.3. The molecule has 0 fully saturated rings. The van der Waals surface area contributed by atoms with E-state index in [2.05, 4.69) is 25.2 Å². The topological polar surface area (TPSA) is 239 Å². The maximum absolute atomic E-state index is 15.7. The van der Waals surface area contributed by atoms with Gasteiger partial charge in [-0.15, -0.1) is 6.42 Å². The van der Waals surface area contributed by atoms with Crippen molar-refractivity contribution < 1.29 is 94.5 Å². The van der Waals surface area contributed by atoms with Crippen LogP contribution in [0.5, 0.6) is 0 Å². The lowest BCUT2D eigenvalue weighted by Crippen LogP contribution is -2.37. The second-order valence-corrected chi connectivity index (χ2v) is 22.7. The number of carboxylic acid groups (broad SMARTS) is 1. The number of ether oxygens (including phenoxy) is 2. The predicted molar refractivity (Wildman–Crippen MR) is 251 cm³/mol. The van der Waals surface area contributed by atoms with Gasteiger partial charge in [-0.05, 0) is 69.4 Å². The molecule has 6 rings (SSSR count). The molecule has 2 aromatic carbocycles. The number of rotatable bonds is 18. The number of sulfone groups is 1. The number of pyridine rings is 1. The maximum atomic E-state index is 15.7. The van der Waals surface area contributed by atoms with Crippen LogP contribution in [-0.4, -0.2) is 101 Å². The monoisotopic (exact) mass is 1160 g/mol. The largest absolute Gasteiger partial charge is 0.478 e. The summed E-state index contributed by atoms with van der Waals surface area (Å²) in [5, 5.41) is 16.9. The van der Waals surface area contributed by atoms with Crippen LogP contribution in [0.3, 0.4) is 0 Å². The molecule has 0 saturated carbocycles. The number of benzene rings is 2. The van der Waals surface area contributed by atoms with Gasteiger partial charge in [0, 0.05) is 46.9 Å². The van der Waals surface area contributed by atoms with E-state index in [1.165, 1.54) is 19.9 Å². The number of aromatic nitrogens is 5. The molecular weight excluding hydrogens is 1120 g/mol. The molecule has 31 heteroatoms. The van der Waals surface area contributed by atoms with Crippen molar-refractivity contribution in [3.63, 3.8) is 0 Å². The van der Waals surface area contributed by atoms with Gasteiger partial charge < -0.3 is 19.9 Å². The molecular formula is C46H40ClF10N7O11S2. The average molecular weight is 1160 g/mol. The number of hydrogen-bond donors (Lipinski definition) is 2. The number of terminal acetylenes is 1. The van der Waals surface area contributed by atoms with Crippen LogP contribution in [0.4, 0.5) is 54.5 Å². The Bertz CT molecular complexity index is 3480. The minimum atomic E-state index is -5.33. The Morgan fingerprint density at radius 3 is 2.17 bits per heavy atom. The van der Waals surface area contributed by atoms with Gasteiger partial charge in [0.2, 0.25) is 22.7 Å². The highest BCUT2D eigenvalue weighted by Crippen LogP contribution is 2.50. The van der Waals surface area contributed by atoms with E-state index >= 15 is 8.78 Å². The van der Waals surface area contributed by atoms with Gasteiger partial charge in [-0.1, -0.05) is 29.7 Å². The molecule has 0 saturated heterocycles. The lowest BCUT2D eigenvalue weighted by atomic mass is 9.93. The van der Waals surface area contributed by atoms with Crippen molar-refractivity contribution in [1.82, 2.24) is 29.9 Å². The minimum absolute atomic E-state index is 0.0234. The number of carboxylic acids is 1. The summed E-state index contributed by atoms with van der Waals surface area (Å²) in [5.41, 5.74) is -6.46. The molecule has 1 aliphatic carbocycles. The zero-order chi connectivity index (χ0) is 57.5. The number of alkyl halides is 8. The number of amides is 2. The van der Waals surface area contributed by atoms with Crippen LogP contribution in [0, 0.1) is 29.9 Å². The summed E-state index contributed by atoms with van der Waals surface area (Å²) in [5.74, 6) is -12.5. The van der Waals surface area contributed by atoms with Gasteiger partial charge in [0.05, 0.1) is 44.6 Å². The summed E-state index contributed by atoms with van der Waals surface area (Å²) in [6.45, 7) is -2.16. The molecule has 2 N–H and O–H groups in total. The van der Waals surface area contributed by atoms with Gasteiger partial charge in [-0.3, -0.25) is 19.1 Å². The molecule has 0 unspecified atom stereocenters. The van der Waals surface area contributed by atoms with E-state index in [1.807, 2.05) is 0 Å². The summed E-state index contributed by atoms with van der Waals surface area (Å²) in [7, 11) is -8.84. The minimum Gasteiger partial charge on any atom is -0.478 e. The predicted octanol–water partition coefficient (Wildman–Crippen LogP) is 7.60. The third-order valence-electron chi connectivity index (χ3n) is 11.9. The van der Waals surface area contributed by atoms with Crippen molar-refractivity contribution in [2.45, 2.75) is 81.7 Å². The fourth-order valence-electron chi connectivity index (χ4n) is 8.06. The van der Waals surface area contributed by atoms with E-state index in [0.29, 0.717) is 24.5 Å². The second kappa shape index (κ2) is 21.6. The van der Waals surface area contributed by atoms with Crippen LogP contribution in [0.15, 0.2) is 54.6 Å². The van der Waals surface area contributed by atoms with Crippen molar-refractivity contribution in [3.8, 4) is 23.5 Å². The van der Waals surface area contributed by atoms with Crippen LogP contribution in [0.1, 0.15) is 60.2 Å². The number of hydrogen-bond acceptors (Lipinski definition) is 13. The molecule has 2 atom stereocenters. The van der Waals surface area contributed by atoms with Crippen molar-refractivity contribution in [2.24, 2.45) is 5.92 Å². The molecule has 0 aliphatic heterocycles. The highest BCUT2D eigenvalue weighted by atomic mass is 35.5. The number of fused-ring (bicyclic) bond motifs is 2. The lowest BCUT2D eigenvalue weighted by molar-refractivity contribution is -0.146. The van der Waals surface area contributed by atoms with E-state index in [4.69, 9.17) is 27.9 Å². The van der Waals surface area contributed by atoms with Crippen LogP contribution in [0.25, 0.3) is 22.0 Å². The van der Waals surface area contributed by atoms with E-state index in [1.54, 1.807) is 5.92 Å². The number of nitrogens with one attached hydrogen (secondary N) is 1. The zero-order valence-corrected chi connectivity index (χ0v) is 42.5. The molecule has 5 aromatic rings. The molecule has 18 nitrogen and oxygen atoms in total. The quantitative estimate of drug-likeness (QED) is 0.0282. The number of carbonyl (C=O) groups is 4. The summed E-state index contributed by atoms with van der Waals surface area (Å²) >= 11 is 6.58. The van der Waals surface area contributed by atoms with Gasteiger partial charge in [0.15, 0.2) is 21.3 Å². The molecule has 0 spiro atoms. The number of anilines is 1. The Balaban J connectivity index is 1.60. The highest BCUT2D eigenvalue weighted by Gasteiger charge is 2.55. The molecule has 3 heterocycles. The molecule has 414 valence electrons. The standard InChI is InChI=1S/C46H40ClF10N7O11S2/c1-6-24-18-30-39(46(55,56)57)60-62(40(30)45(24,53)54)20-33(65)59-32(17-23-15-25(48)19-26(49)16-23)37-28(8-7-27(58-37)13-14-43(2,3)76(4,70)71)29-9-10-31(47)36-38(29)63(21-44(50,51)52)61-41(36)64(77(5,72)73)42(69)75-22-74-35(68)12-11-34(66)67/h1,7-12,15-16,19,24,32H,13-14,17-18,20-22H2,2-5H3,(H,59,65)(H,66,67)/b12-11+/t24-,32+/m1/s1. The van der Waals surface area contributed by atoms with Gasteiger partial charge >= 0.3 is 36.3 Å². The van der Waals surface area contributed by atoms with Crippen LogP contribution >= 0.6 is 11.6 Å². The van der Waals surface area contributed by atoms with Gasteiger partial charge in [-0.25, -0.2) is 40.0 Å². The number of aliphatic carboxylic acids is 1.